The summed E-state index contributed by atoms with van der Waals surface area (Å²) in [5, 5.41) is 8.23. The van der Waals surface area contributed by atoms with Crippen molar-refractivity contribution in [2.45, 2.75) is 45.9 Å². The molecule has 0 fully saturated rings. The summed E-state index contributed by atoms with van der Waals surface area (Å²) >= 11 is 0. The van der Waals surface area contributed by atoms with Crippen LogP contribution in [0.1, 0.15) is 31.7 Å². The molecule has 0 unspecified atom stereocenters. The van der Waals surface area contributed by atoms with Gasteiger partial charge in [-0.3, -0.25) is 9.58 Å². The van der Waals surface area contributed by atoms with Gasteiger partial charge in [-0.2, -0.15) is 5.10 Å². The second-order valence-electron chi connectivity index (χ2n) is 5.97. The third kappa shape index (κ3) is 2.74. The molecule has 0 aromatic carbocycles. The highest BCUT2D eigenvalue weighted by atomic mass is 15.3. The largest absolute Gasteiger partial charge is 0.311 e. The molecule has 0 bridgehead atoms. The fraction of sp³-hybridized carbons (Fsp3) is 0.667. The quantitative estimate of drug-likeness (QED) is 0.841. The number of aromatic nitrogens is 2. The van der Waals surface area contributed by atoms with E-state index in [9.17, 15) is 0 Å². The van der Waals surface area contributed by atoms with Crippen molar-refractivity contribution in [2.75, 3.05) is 13.1 Å². The Kier molecular flexibility index (Phi) is 3.71. The number of nitrogens with zero attached hydrogens (tertiary/aromatic N) is 3. The lowest BCUT2D eigenvalue weighted by Gasteiger charge is -2.26. The molecule has 0 spiro atoms. The fourth-order valence-corrected chi connectivity index (χ4v) is 3.10. The van der Waals surface area contributed by atoms with E-state index < -0.39 is 0 Å². The zero-order valence-corrected chi connectivity index (χ0v) is 12.0. The molecular formula is C15H24N4. The fourth-order valence-electron chi connectivity index (χ4n) is 3.10. The Labute approximate surface area is 115 Å². The Morgan fingerprint density at radius 3 is 3.21 bits per heavy atom. The van der Waals surface area contributed by atoms with Gasteiger partial charge in [-0.25, -0.2) is 0 Å². The van der Waals surface area contributed by atoms with Crippen molar-refractivity contribution in [1.29, 1.82) is 0 Å². The molecule has 3 rings (SSSR count). The molecule has 0 amide bonds. The number of hydrogen-bond donors (Lipinski definition) is 1. The highest BCUT2D eigenvalue weighted by Gasteiger charge is 2.23. The predicted octanol–water partition coefficient (Wildman–Crippen LogP) is 1.77. The van der Waals surface area contributed by atoms with Gasteiger partial charge in [-0.1, -0.05) is 26.0 Å². The van der Waals surface area contributed by atoms with Gasteiger partial charge in [0.1, 0.15) is 0 Å². The summed E-state index contributed by atoms with van der Waals surface area (Å²) in [6, 6.07) is 2.84. The zero-order chi connectivity index (χ0) is 13.2. The molecule has 1 N–H and O–H groups in total. The molecule has 1 aromatic rings. The molecular weight excluding hydrogens is 236 g/mol. The van der Waals surface area contributed by atoms with E-state index in [4.69, 9.17) is 5.10 Å². The number of nitrogens with one attached hydrogen (secondary N) is 1. The van der Waals surface area contributed by atoms with Crippen LogP contribution in [-0.2, 0) is 19.6 Å². The summed E-state index contributed by atoms with van der Waals surface area (Å²) < 4.78 is 2.18. The summed E-state index contributed by atoms with van der Waals surface area (Å²) in [5.74, 6) is 0.667. The van der Waals surface area contributed by atoms with Gasteiger partial charge in [0.15, 0.2) is 0 Å². The van der Waals surface area contributed by atoms with E-state index in [1.165, 1.54) is 17.8 Å². The maximum absolute atomic E-state index is 4.78. The van der Waals surface area contributed by atoms with E-state index in [-0.39, 0.29) is 0 Å². The molecule has 2 aliphatic rings. The first-order valence-electron chi connectivity index (χ1n) is 7.41. The molecule has 0 radical (unpaired) electrons. The first-order chi connectivity index (χ1) is 9.24. The van der Waals surface area contributed by atoms with Crippen LogP contribution in [0.25, 0.3) is 0 Å². The number of hydrogen-bond acceptors (Lipinski definition) is 3. The van der Waals surface area contributed by atoms with Crippen LogP contribution in [0, 0.1) is 5.92 Å². The minimum absolute atomic E-state index is 0.569. The van der Waals surface area contributed by atoms with Crippen LogP contribution < -0.4 is 5.32 Å². The predicted molar refractivity (Wildman–Crippen MR) is 76.7 cm³/mol. The van der Waals surface area contributed by atoms with Crippen LogP contribution in [0.2, 0.25) is 0 Å². The van der Waals surface area contributed by atoms with E-state index in [1.807, 2.05) is 0 Å². The number of rotatable bonds is 3. The van der Waals surface area contributed by atoms with Crippen LogP contribution in [0.4, 0.5) is 0 Å². The van der Waals surface area contributed by atoms with E-state index >= 15 is 0 Å². The molecule has 2 aliphatic heterocycles. The summed E-state index contributed by atoms with van der Waals surface area (Å²) in [6.07, 6.45) is 5.80. The SMILES string of the molecule is CC(C)[C@H]1C=CCN1Cc1cc2n(n1)CCCNC2. The average Bonchev–Trinajstić information content (AvgIpc) is 2.92. The van der Waals surface area contributed by atoms with Crippen LogP contribution in [0.5, 0.6) is 0 Å². The van der Waals surface area contributed by atoms with Crippen molar-refractivity contribution in [1.82, 2.24) is 20.0 Å². The smallest absolute Gasteiger partial charge is 0.0768 e. The minimum atomic E-state index is 0.569. The van der Waals surface area contributed by atoms with Gasteiger partial charge >= 0.3 is 0 Å². The second kappa shape index (κ2) is 5.47. The Bertz CT molecular complexity index is 437. The Morgan fingerprint density at radius 1 is 1.47 bits per heavy atom. The van der Waals surface area contributed by atoms with Crippen LogP contribution in [0.3, 0.4) is 0 Å². The van der Waals surface area contributed by atoms with Gasteiger partial charge in [0, 0.05) is 32.2 Å². The lowest BCUT2D eigenvalue weighted by Crippen LogP contribution is -2.33. The Morgan fingerprint density at radius 2 is 2.37 bits per heavy atom. The maximum atomic E-state index is 4.78. The van der Waals surface area contributed by atoms with E-state index in [0.717, 1.165) is 32.7 Å². The van der Waals surface area contributed by atoms with E-state index in [1.54, 1.807) is 0 Å². The number of fused-ring (bicyclic) bond motifs is 1. The van der Waals surface area contributed by atoms with Crippen molar-refractivity contribution < 1.29 is 0 Å². The van der Waals surface area contributed by atoms with Gasteiger partial charge in [-0.15, -0.1) is 0 Å². The third-order valence-electron chi connectivity index (χ3n) is 4.09. The van der Waals surface area contributed by atoms with Gasteiger partial charge < -0.3 is 5.32 Å². The lowest BCUT2D eigenvalue weighted by atomic mass is 10.0. The average molecular weight is 260 g/mol. The summed E-state index contributed by atoms with van der Waals surface area (Å²) in [6.45, 7) is 9.72. The molecule has 4 heteroatoms. The molecule has 4 nitrogen and oxygen atoms in total. The highest BCUT2D eigenvalue weighted by molar-refractivity contribution is 5.13. The molecule has 19 heavy (non-hydrogen) atoms. The third-order valence-corrected chi connectivity index (χ3v) is 4.09. The lowest BCUT2D eigenvalue weighted by molar-refractivity contribution is 0.215. The highest BCUT2D eigenvalue weighted by Crippen LogP contribution is 2.20. The Balaban J connectivity index is 1.70. The van der Waals surface area contributed by atoms with Crippen LogP contribution in [0.15, 0.2) is 18.2 Å². The molecule has 0 aliphatic carbocycles. The normalized spacial score (nSPS) is 23.8. The van der Waals surface area contributed by atoms with Gasteiger partial charge in [0.25, 0.3) is 0 Å². The van der Waals surface area contributed by atoms with Crippen molar-refractivity contribution in [3.05, 3.63) is 29.6 Å². The van der Waals surface area contributed by atoms with Crippen LogP contribution in [-0.4, -0.2) is 33.8 Å². The molecule has 0 saturated carbocycles. The summed E-state index contributed by atoms with van der Waals surface area (Å²) in [7, 11) is 0. The molecule has 0 saturated heterocycles. The van der Waals surface area contributed by atoms with E-state index in [0.29, 0.717) is 12.0 Å². The van der Waals surface area contributed by atoms with E-state index in [2.05, 4.69) is 47.0 Å². The van der Waals surface area contributed by atoms with Crippen molar-refractivity contribution >= 4 is 0 Å². The minimum Gasteiger partial charge on any atom is -0.311 e. The molecule has 104 valence electrons. The van der Waals surface area contributed by atoms with Crippen LogP contribution >= 0.6 is 0 Å². The van der Waals surface area contributed by atoms with Gasteiger partial charge in [0.2, 0.25) is 0 Å². The van der Waals surface area contributed by atoms with Gasteiger partial charge in [0.05, 0.1) is 11.4 Å². The van der Waals surface area contributed by atoms with Crippen molar-refractivity contribution in [3.8, 4) is 0 Å². The van der Waals surface area contributed by atoms with Crippen molar-refractivity contribution in [2.24, 2.45) is 5.92 Å². The second-order valence-corrected chi connectivity index (χ2v) is 5.97. The summed E-state index contributed by atoms with van der Waals surface area (Å²) in [5.41, 5.74) is 2.55. The maximum Gasteiger partial charge on any atom is 0.0768 e. The first kappa shape index (κ1) is 12.9. The standard InChI is InChI=1S/C15H24N4/c1-12(2)15-5-3-7-18(15)11-13-9-14-10-16-6-4-8-19(14)17-13/h3,5,9,12,15-16H,4,6-8,10-11H2,1-2H3/t15-/m1/s1. The van der Waals surface area contributed by atoms with Gasteiger partial charge in [-0.05, 0) is 24.9 Å². The molecule has 1 aromatic heterocycles. The monoisotopic (exact) mass is 260 g/mol. The molecule has 1 atom stereocenters. The number of aryl methyl sites for hydroxylation is 1. The summed E-state index contributed by atoms with van der Waals surface area (Å²) in [4.78, 5) is 2.51. The first-order valence-corrected chi connectivity index (χ1v) is 7.41. The Hall–Kier alpha value is -1.13. The molecule has 3 heterocycles. The zero-order valence-electron chi connectivity index (χ0n) is 12.0. The van der Waals surface area contributed by atoms with Crippen molar-refractivity contribution in [3.63, 3.8) is 0 Å². The topological polar surface area (TPSA) is 33.1 Å².